The minimum absolute atomic E-state index is 0.0193. The van der Waals surface area contributed by atoms with Crippen molar-refractivity contribution in [1.29, 1.82) is 0 Å². The highest BCUT2D eigenvalue weighted by atomic mass is 16.5. The highest BCUT2D eigenvalue weighted by molar-refractivity contribution is 5.94. The third-order valence-corrected chi connectivity index (χ3v) is 3.09. The first kappa shape index (κ1) is 16.4. The minimum atomic E-state index is -0.952. The first-order valence-electron chi connectivity index (χ1n) is 6.88. The lowest BCUT2D eigenvalue weighted by atomic mass is 10.0. The Morgan fingerprint density at radius 1 is 1.35 bits per heavy atom. The zero-order chi connectivity index (χ0) is 15.0. The normalized spacial score (nSPS) is 19.4. The highest BCUT2D eigenvalue weighted by Crippen LogP contribution is 2.14. The van der Waals surface area contributed by atoms with Crippen LogP contribution in [0.2, 0.25) is 0 Å². The molecule has 1 saturated heterocycles. The van der Waals surface area contributed by atoms with Crippen molar-refractivity contribution >= 4 is 17.9 Å². The molecule has 1 rings (SSSR count). The van der Waals surface area contributed by atoms with Gasteiger partial charge >= 0.3 is 12.0 Å². The SMILES string of the molecule is CC(CC(=O)O)CC(=O)NC(=O)NCCC1CCCO1. The molecule has 0 aromatic rings. The third kappa shape index (κ3) is 7.08. The van der Waals surface area contributed by atoms with Crippen molar-refractivity contribution in [1.82, 2.24) is 10.6 Å². The summed E-state index contributed by atoms with van der Waals surface area (Å²) >= 11 is 0. The monoisotopic (exact) mass is 286 g/mol. The summed E-state index contributed by atoms with van der Waals surface area (Å²) in [4.78, 5) is 33.4. The van der Waals surface area contributed by atoms with Crippen LogP contribution < -0.4 is 10.6 Å². The van der Waals surface area contributed by atoms with E-state index in [1.165, 1.54) is 0 Å². The number of rotatable bonds is 7. The van der Waals surface area contributed by atoms with E-state index in [1.807, 2.05) is 0 Å². The largest absolute Gasteiger partial charge is 0.481 e. The summed E-state index contributed by atoms with van der Waals surface area (Å²) in [7, 11) is 0. The molecule has 7 nitrogen and oxygen atoms in total. The molecule has 20 heavy (non-hydrogen) atoms. The van der Waals surface area contributed by atoms with Crippen LogP contribution in [0, 0.1) is 5.92 Å². The van der Waals surface area contributed by atoms with Crippen LogP contribution in [0.25, 0.3) is 0 Å². The van der Waals surface area contributed by atoms with E-state index in [-0.39, 0.29) is 24.9 Å². The molecular formula is C13H22N2O5. The smallest absolute Gasteiger partial charge is 0.321 e. The topological polar surface area (TPSA) is 105 Å². The summed E-state index contributed by atoms with van der Waals surface area (Å²) in [5.41, 5.74) is 0. The van der Waals surface area contributed by atoms with Gasteiger partial charge in [0.1, 0.15) is 0 Å². The van der Waals surface area contributed by atoms with Gasteiger partial charge in [0.2, 0.25) is 5.91 Å². The van der Waals surface area contributed by atoms with E-state index in [0.29, 0.717) is 6.54 Å². The zero-order valence-corrected chi connectivity index (χ0v) is 11.7. The highest BCUT2D eigenvalue weighted by Gasteiger charge is 2.17. The number of amides is 3. The van der Waals surface area contributed by atoms with Gasteiger partial charge in [0.25, 0.3) is 0 Å². The van der Waals surface area contributed by atoms with E-state index in [0.717, 1.165) is 25.9 Å². The standard InChI is InChI=1S/C13H22N2O5/c1-9(8-12(17)18)7-11(16)15-13(19)14-5-4-10-3-2-6-20-10/h9-10H,2-8H2,1H3,(H,17,18)(H2,14,15,16,19). The number of hydrogen-bond acceptors (Lipinski definition) is 4. The van der Waals surface area contributed by atoms with E-state index in [1.54, 1.807) is 6.92 Å². The first-order valence-corrected chi connectivity index (χ1v) is 6.88. The maximum absolute atomic E-state index is 11.5. The molecule has 0 aliphatic carbocycles. The molecule has 0 aromatic carbocycles. The van der Waals surface area contributed by atoms with Gasteiger partial charge in [-0.1, -0.05) is 6.92 Å². The fraction of sp³-hybridized carbons (Fsp3) is 0.769. The number of carbonyl (C=O) groups excluding carboxylic acids is 2. The van der Waals surface area contributed by atoms with E-state index >= 15 is 0 Å². The van der Waals surface area contributed by atoms with E-state index in [9.17, 15) is 14.4 Å². The summed E-state index contributed by atoms with van der Waals surface area (Å²) in [5.74, 6) is -1.72. The second-order valence-corrected chi connectivity index (χ2v) is 5.13. The van der Waals surface area contributed by atoms with Crippen molar-refractivity contribution < 1.29 is 24.2 Å². The van der Waals surface area contributed by atoms with Crippen LogP contribution in [-0.2, 0) is 14.3 Å². The van der Waals surface area contributed by atoms with Crippen LogP contribution in [0.5, 0.6) is 0 Å². The first-order chi connectivity index (χ1) is 9.47. The van der Waals surface area contributed by atoms with Crippen molar-refractivity contribution in [2.45, 2.75) is 45.1 Å². The van der Waals surface area contributed by atoms with Gasteiger partial charge in [0, 0.05) is 26.0 Å². The van der Waals surface area contributed by atoms with E-state index < -0.39 is 17.9 Å². The van der Waals surface area contributed by atoms with Crippen LogP contribution in [0.4, 0.5) is 4.79 Å². The van der Waals surface area contributed by atoms with Crippen LogP contribution in [0.15, 0.2) is 0 Å². The second kappa shape index (κ2) is 8.52. The van der Waals surface area contributed by atoms with Crippen molar-refractivity contribution in [3.63, 3.8) is 0 Å². The molecule has 1 heterocycles. The molecule has 2 unspecified atom stereocenters. The Bertz CT molecular complexity index is 353. The minimum Gasteiger partial charge on any atom is -0.481 e. The molecule has 1 aliphatic heterocycles. The van der Waals surface area contributed by atoms with Gasteiger partial charge in [-0.05, 0) is 25.2 Å². The van der Waals surface area contributed by atoms with Crippen molar-refractivity contribution in [3.05, 3.63) is 0 Å². The van der Waals surface area contributed by atoms with Crippen LogP contribution in [0.1, 0.15) is 39.0 Å². The molecule has 0 bridgehead atoms. The van der Waals surface area contributed by atoms with Crippen molar-refractivity contribution in [3.8, 4) is 0 Å². The summed E-state index contributed by atoms with van der Waals surface area (Å²) < 4.78 is 5.41. The Labute approximate surface area is 118 Å². The average molecular weight is 286 g/mol. The third-order valence-electron chi connectivity index (χ3n) is 3.09. The lowest BCUT2D eigenvalue weighted by Gasteiger charge is -2.11. The predicted molar refractivity (Wildman–Crippen MR) is 71.2 cm³/mol. The number of hydrogen-bond donors (Lipinski definition) is 3. The molecule has 0 radical (unpaired) electrons. The van der Waals surface area contributed by atoms with Crippen molar-refractivity contribution in [2.24, 2.45) is 5.92 Å². The van der Waals surface area contributed by atoms with Gasteiger partial charge in [-0.25, -0.2) is 4.79 Å². The lowest BCUT2D eigenvalue weighted by molar-refractivity contribution is -0.138. The van der Waals surface area contributed by atoms with Gasteiger partial charge < -0.3 is 15.2 Å². The Kier molecular flexibility index (Phi) is 7.00. The number of urea groups is 1. The fourth-order valence-electron chi connectivity index (χ4n) is 2.13. The molecule has 3 amide bonds. The number of ether oxygens (including phenoxy) is 1. The Balaban J connectivity index is 2.10. The number of imide groups is 1. The van der Waals surface area contributed by atoms with E-state index in [4.69, 9.17) is 9.84 Å². The van der Waals surface area contributed by atoms with Gasteiger partial charge in [0.05, 0.1) is 6.10 Å². The van der Waals surface area contributed by atoms with E-state index in [2.05, 4.69) is 10.6 Å². The maximum atomic E-state index is 11.5. The van der Waals surface area contributed by atoms with Gasteiger partial charge in [-0.15, -0.1) is 0 Å². The second-order valence-electron chi connectivity index (χ2n) is 5.13. The summed E-state index contributed by atoms with van der Waals surface area (Å²) in [6, 6.07) is -0.546. The summed E-state index contributed by atoms with van der Waals surface area (Å²) in [5, 5.41) is 13.3. The zero-order valence-electron chi connectivity index (χ0n) is 11.7. The molecule has 1 fully saturated rings. The fourth-order valence-corrected chi connectivity index (χ4v) is 2.13. The van der Waals surface area contributed by atoms with Gasteiger partial charge in [-0.2, -0.15) is 0 Å². The summed E-state index contributed by atoms with van der Waals surface area (Å²) in [6.45, 7) is 2.88. The Morgan fingerprint density at radius 2 is 2.10 bits per heavy atom. The number of aliphatic carboxylic acids is 1. The molecule has 7 heteroatoms. The number of carbonyl (C=O) groups is 3. The molecule has 0 saturated carbocycles. The average Bonchev–Trinajstić information content (AvgIpc) is 2.80. The molecular weight excluding hydrogens is 264 g/mol. The maximum Gasteiger partial charge on any atom is 0.321 e. The summed E-state index contributed by atoms with van der Waals surface area (Å²) in [6.07, 6.45) is 2.92. The molecule has 1 aliphatic rings. The molecule has 114 valence electrons. The molecule has 2 atom stereocenters. The predicted octanol–water partition coefficient (Wildman–Crippen LogP) is 0.882. The molecule has 0 spiro atoms. The Hall–Kier alpha value is -1.63. The molecule has 0 aromatic heterocycles. The van der Waals surface area contributed by atoms with Crippen molar-refractivity contribution in [2.75, 3.05) is 13.2 Å². The quantitative estimate of drug-likeness (QED) is 0.644. The number of nitrogens with one attached hydrogen (secondary N) is 2. The van der Waals surface area contributed by atoms with Gasteiger partial charge in [0.15, 0.2) is 0 Å². The number of carboxylic acid groups (broad SMARTS) is 1. The lowest BCUT2D eigenvalue weighted by Crippen LogP contribution is -2.41. The molecule has 3 N–H and O–H groups in total. The number of carboxylic acids is 1. The van der Waals surface area contributed by atoms with Gasteiger partial charge in [-0.3, -0.25) is 14.9 Å². The van der Waals surface area contributed by atoms with Crippen LogP contribution >= 0.6 is 0 Å². The van der Waals surface area contributed by atoms with Crippen LogP contribution in [0.3, 0.4) is 0 Å². The van der Waals surface area contributed by atoms with Crippen LogP contribution in [-0.4, -0.2) is 42.3 Å². The Morgan fingerprint density at radius 3 is 2.70 bits per heavy atom.